The van der Waals surface area contributed by atoms with Gasteiger partial charge in [-0.1, -0.05) is 12.2 Å². The monoisotopic (exact) mass is 254 g/mol. The van der Waals surface area contributed by atoms with E-state index >= 15 is 0 Å². The fourth-order valence-corrected chi connectivity index (χ4v) is 1.25. The molecule has 18 heavy (non-hydrogen) atoms. The van der Waals surface area contributed by atoms with Crippen LogP contribution in [0.5, 0.6) is 0 Å². The van der Waals surface area contributed by atoms with Gasteiger partial charge in [0.1, 0.15) is 5.54 Å². The van der Waals surface area contributed by atoms with Gasteiger partial charge in [-0.05, 0) is 20.9 Å². The average Bonchev–Trinajstić information content (AvgIpc) is 2.28. The Morgan fingerprint density at radius 2 is 1.67 bits per heavy atom. The fourth-order valence-electron chi connectivity index (χ4n) is 1.25. The first-order chi connectivity index (χ1) is 8.27. The van der Waals surface area contributed by atoms with Crippen LogP contribution in [0.4, 0.5) is 0 Å². The molecule has 102 valence electrons. The van der Waals surface area contributed by atoms with Crippen LogP contribution in [-0.4, -0.2) is 59.0 Å². The van der Waals surface area contributed by atoms with Gasteiger partial charge in [0.2, 0.25) is 5.91 Å². The van der Waals surface area contributed by atoms with E-state index in [4.69, 9.17) is 5.11 Å². The second-order valence-corrected chi connectivity index (χ2v) is 4.60. The molecular formula is C13H22N2O3. The summed E-state index contributed by atoms with van der Waals surface area (Å²) in [6.45, 7) is 11.2. The minimum atomic E-state index is -1.08. The largest absolute Gasteiger partial charge is 0.480 e. The van der Waals surface area contributed by atoms with Crippen molar-refractivity contribution in [3.05, 3.63) is 25.3 Å². The van der Waals surface area contributed by atoms with E-state index in [1.54, 1.807) is 37.9 Å². The van der Waals surface area contributed by atoms with Gasteiger partial charge in [-0.2, -0.15) is 0 Å². The zero-order chi connectivity index (χ0) is 14.3. The highest BCUT2D eigenvalue weighted by Gasteiger charge is 2.33. The number of aliphatic carboxylic acids is 1. The lowest BCUT2D eigenvalue weighted by Gasteiger charge is -2.32. The molecule has 0 aliphatic heterocycles. The normalized spacial score (nSPS) is 11.1. The van der Waals surface area contributed by atoms with Gasteiger partial charge in [-0.3, -0.25) is 14.5 Å². The van der Waals surface area contributed by atoms with Gasteiger partial charge in [-0.25, -0.2) is 0 Å². The molecule has 0 rings (SSSR count). The zero-order valence-electron chi connectivity index (χ0n) is 11.3. The summed E-state index contributed by atoms with van der Waals surface area (Å²) in [5.41, 5.74) is -1.08. The van der Waals surface area contributed by atoms with Crippen molar-refractivity contribution < 1.29 is 14.7 Å². The van der Waals surface area contributed by atoms with E-state index in [2.05, 4.69) is 13.2 Å². The first-order valence-electron chi connectivity index (χ1n) is 5.71. The molecule has 0 saturated heterocycles. The third-order valence-corrected chi connectivity index (χ3v) is 2.90. The summed E-state index contributed by atoms with van der Waals surface area (Å²) >= 11 is 0. The number of nitrogens with zero attached hydrogens (tertiary/aromatic N) is 2. The number of rotatable bonds is 8. The molecule has 5 nitrogen and oxygen atoms in total. The van der Waals surface area contributed by atoms with Crippen molar-refractivity contribution in [3.63, 3.8) is 0 Å². The Hall–Kier alpha value is -1.62. The molecule has 0 atom stereocenters. The lowest BCUT2D eigenvalue weighted by Crippen LogP contribution is -2.52. The number of hydrogen-bond acceptors (Lipinski definition) is 3. The number of amides is 1. The summed E-state index contributed by atoms with van der Waals surface area (Å²) in [6, 6.07) is 0. The molecule has 5 heteroatoms. The van der Waals surface area contributed by atoms with Gasteiger partial charge in [0.15, 0.2) is 0 Å². The van der Waals surface area contributed by atoms with E-state index in [1.165, 1.54) is 4.90 Å². The molecule has 0 unspecified atom stereocenters. The molecule has 0 bridgehead atoms. The summed E-state index contributed by atoms with van der Waals surface area (Å²) in [5, 5.41) is 9.07. The molecule has 0 aliphatic carbocycles. The van der Waals surface area contributed by atoms with Crippen LogP contribution in [0.2, 0.25) is 0 Å². The summed E-state index contributed by atoms with van der Waals surface area (Å²) in [6.07, 6.45) is 3.26. The van der Waals surface area contributed by atoms with Crippen molar-refractivity contribution in [3.8, 4) is 0 Å². The molecule has 0 fully saturated rings. The molecule has 0 radical (unpaired) electrons. The highest BCUT2D eigenvalue weighted by atomic mass is 16.4. The maximum absolute atomic E-state index is 12.0. The molecule has 1 N–H and O–H groups in total. The Kier molecular flexibility index (Phi) is 6.33. The van der Waals surface area contributed by atoms with Crippen LogP contribution in [0, 0.1) is 0 Å². The minimum absolute atomic E-state index is 0.0426. The minimum Gasteiger partial charge on any atom is -0.480 e. The van der Waals surface area contributed by atoms with Crippen LogP contribution >= 0.6 is 0 Å². The van der Waals surface area contributed by atoms with Crippen molar-refractivity contribution >= 4 is 11.9 Å². The maximum Gasteiger partial charge on any atom is 0.323 e. The van der Waals surface area contributed by atoms with Crippen LogP contribution < -0.4 is 0 Å². The van der Waals surface area contributed by atoms with Crippen LogP contribution in [0.15, 0.2) is 25.3 Å². The van der Waals surface area contributed by atoms with Gasteiger partial charge < -0.3 is 10.0 Å². The Labute approximate surface area is 108 Å². The number of carboxylic acid groups (broad SMARTS) is 1. The van der Waals surface area contributed by atoms with Crippen LogP contribution in [0.25, 0.3) is 0 Å². The smallest absolute Gasteiger partial charge is 0.323 e. The summed E-state index contributed by atoms with van der Waals surface area (Å²) in [7, 11) is 1.62. The molecular weight excluding hydrogens is 232 g/mol. The molecule has 0 aromatic rings. The van der Waals surface area contributed by atoms with Crippen LogP contribution in [0.3, 0.4) is 0 Å². The lowest BCUT2D eigenvalue weighted by molar-refractivity contribution is -0.149. The number of hydrogen-bond donors (Lipinski definition) is 1. The number of carbonyl (C=O) groups excluding carboxylic acids is 1. The summed E-state index contributed by atoms with van der Waals surface area (Å²) in [5.74, 6) is -1.11. The van der Waals surface area contributed by atoms with Crippen molar-refractivity contribution in [2.24, 2.45) is 0 Å². The summed E-state index contributed by atoms with van der Waals surface area (Å²) < 4.78 is 0. The zero-order valence-corrected chi connectivity index (χ0v) is 11.3. The summed E-state index contributed by atoms with van der Waals surface area (Å²) in [4.78, 5) is 26.1. The molecule has 0 heterocycles. The van der Waals surface area contributed by atoms with Crippen molar-refractivity contribution in [1.82, 2.24) is 9.80 Å². The lowest BCUT2D eigenvalue weighted by atomic mass is 10.0. The van der Waals surface area contributed by atoms with Gasteiger partial charge in [-0.15, -0.1) is 13.2 Å². The predicted octanol–water partition coefficient (Wildman–Crippen LogP) is 0.982. The highest BCUT2D eigenvalue weighted by molar-refractivity contribution is 5.81. The average molecular weight is 254 g/mol. The molecule has 0 aromatic carbocycles. The second-order valence-electron chi connectivity index (χ2n) is 4.60. The van der Waals surface area contributed by atoms with E-state index < -0.39 is 11.5 Å². The van der Waals surface area contributed by atoms with Gasteiger partial charge >= 0.3 is 5.97 Å². The van der Waals surface area contributed by atoms with E-state index in [-0.39, 0.29) is 12.5 Å². The van der Waals surface area contributed by atoms with E-state index in [0.29, 0.717) is 13.1 Å². The topological polar surface area (TPSA) is 60.9 Å². The Balaban J connectivity index is 4.67. The molecule has 0 spiro atoms. The van der Waals surface area contributed by atoms with E-state index in [9.17, 15) is 9.59 Å². The Morgan fingerprint density at radius 1 is 1.22 bits per heavy atom. The van der Waals surface area contributed by atoms with E-state index in [1.807, 2.05) is 0 Å². The Morgan fingerprint density at radius 3 is 2.00 bits per heavy atom. The predicted molar refractivity (Wildman–Crippen MR) is 71.3 cm³/mol. The van der Waals surface area contributed by atoms with Crippen molar-refractivity contribution in [2.45, 2.75) is 19.4 Å². The third-order valence-electron chi connectivity index (χ3n) is 2.90. The number of carbonyl (C=O) groups is 2. The number of likely N-dealkylation sites (N-methyl/N-ethyl adjacent to an activating group) is 1. The second kappa shape index (κ2) is 6.96. The standard InChI is InChI=1S/C13H22N2O3/c1-6-8-15(9-7-2)11(16)10-14(5)13(3,4)12(17)18/h6-7H,1-2,8-10H2,3-5H3,(H,17,18). The first-order valence-corrected chi connectivity index (χ1v) is 5.71. The molecule has 1 amide bonds. The van der Waals surface area contributed by atoms with Crippen molar-refractivity contribution in [1.29, 1.82) is 0 Å². The SMILES string of the molecule is C=CCN(CC=C)C(=O)CN(C)C(C)(C)C(=O)O. The Bertz CT molecular complexity index is 327. The first kappa shape index (κ1) is 16.4. The quantitative estimate of drug-likeness (QED) is 0.656. The van der Waals surface area contributed by atoms with Crippen LogP contribution in [-0.2, 0) is 9.59 Å². The molecule has 0 saturated carbocycles. The maximum atomic E-state index is 12.0. The molecule has 0 aromatic heterocycles. The van der Waals surface area contributed by atoms with Gasteiger partial charge in [0.05, 0.1) is 6.54 Å². The van der Waals surface area contributed by atoms with Crippen LogP contribution in [0.1, 0.15) is 13.8 Å². The molecule has 0 aliphatic rings. The third kappa shape index (κ3) is 4.33. The van der Waals surface area contributed by atoms with Crippen molar-refractivity contribution in [2.75, 3.05) is 26.7 Å². The number of carboxylic acids is 1. The van der Waals surface area contributed by atoms with Gasteiger partial charge in [0, 0.05) is 13.1 Å². The fraction of sp³-hybridized carbons (Fsp3) is 0.538. The van der Waals surface area contributed by atoms with E-state index in [0.717, 1.165) is 0 Å². The van der Waals surface area contributed by atoms with Gasteiger partial charge in [0.25, 0.3) is 0 Å². The highest BCUT2D eigenvalue weighted by Crippen LogP contribution is 2.12.